The van der Waals surface area contributed by atoms with E-state index >= 15 is 0 Å². The van der Waals surface area contributed by atoms with E-state index in [9.17, 15) is 4.79 Å². The number of morpholine rings is 1. The zero-order valence-electron chi connectivity index (χ0n) is 8.48. The molecule has 1 aliphatic heterocycles. The lowest BCUT2D eigenvalue weighted by Gasteiger charge is -2.35. The SMILES string of the molecule is CC(CC(=O)O)N1CCOC(CN)C1. The minimum absolute atomic E-state index is 0.0556. The molecule has 0 radical (unpaired) electrons. The molecule has 0 spiro atoms. The van der Waals surface area contributed by atoms with Crippen LogP contribution in [-0.4, -0.2) is 54.4 Å². The number of rotatable bonds is 4. The van der Waals surface area contributed by atoms with E-state index in [1.807, 2.05) is 6.92 Å². The summed E-state index contributed by atoms with van der Waals surface area (Å²) in [5, 5.41) is 8.66. The number of carboxylic acids is 1. The summed E-state index contributed by atoms with van der Waals surface area (Å²) in [7, 11) is 0. The van der Waals surface area contributed by atoms with Crippen molar-refractivity contribution in [2.45, 2.75) is 25.5 Å². The van der Waals surface area contributed by atoms with Crippen LogP contribution in [0.3, 0.4) is 0 Å². The number of aliphatic carboxylic acids is 1. The van der Waals surface area contributed by atoms with E-state index in [0.717, 1.165) is 13.1 Å². The van der Waals surface area contributed by atoms with E-state index in [1.54, 1.807) is 0 Å². The van der Waals surface area contributed by atoms with Gasteiger partial charge in [0.15, 0.2) is 0 Å². The highest BCUT2D eigenvalue weighted by molar-refractivity contribution is 5.67. The lowest BCUT2D eigenvalue weighted by atomic mass is 10.1. The normalized spacial score (nSPS) is 26.0. The number of hydrogen-bond donors (Lipinski definition) is 2. The second kappa shape index (κ2) is 5.29. The second-order valence-corrected chi connectivity index (χ2v) is 3.67. The van der Waals surface area contributed by atoms with Crippen LogP contribution in [0.2, 0.25) is 0 Å². The molecule has 1 aliphatic rings. The maximum Gasteiger partial charge on any atom is 0.304 e. The summed E-state index contributed by atoms with van der Waals surface area (Å²) in [6.07, 6.45) is 0.233. The molecule has 0 aliphatic carbocycles. The number of carboxylic acid groups (broad SMARTS) is 1. The topological polar surface area (TPSA) is 75.8 Å². The van der Waals surface area contributed by atoms with Gasteiger partial charge in [-0.25, -0.2) is 0 Å². The van der Waals surface area contributed by atoms with Crippen LogP contribution in [0.15, 0.2) is 0 Å². The van der Waals surface area contributed by atoms with Crippen LogP contribution in [0.5, 0.6) is 0 Å². The van der Waals surface area contributed by atoms with Crippen LogP contribution in [0.1, 0.15) is 13.3 Å². The molecule has 0 bridgehead atoms. The van der Waals surface area contributed by atoms with Crippen molar-refractivity contribution in [1.29, 1.82) is 0 Å². The zero-order chi connectivity index (χ0) is 10.6. The van der Waals surface area contributed by atoms with Crippen molar-refractivity contribution in [3.8, 4) is 0 Å². The molecule has 1 heterocycles. The Hall–Kier alpha value is -0.650. The lowest BCUT2D eigenvalue weighted by molar-refractivity contribution is -0.139. The van der Waals surface area contributed by atoms with E-state index in [1.165, 1.54) is 0 Å². The van der Waals surface area contributed by atoms with Gasteiger partial charge in [0.25, 0.3) is 0 Å². The molecule has 5 nitrogen and oxygen atoms in total. The summed E-state index contributed by atoms with van der Waals surface area (Å²) in [6, 6.07) is 0.0606. The third-order valence-corrected chi connectivity index (χ3v) is 2.53. The highest BCUT2D eigenvalue weighted by Gasteiger charge is 2.24. The number of nitrogens with zero attached hydrogens (tertiary/aromatic N) is 1. The fraction of sp³-hybridized carbons (Fsp3) is 0.889. The Morgan fingerprint density at radius 3 is 3.07 bits per heavy atom. The summed E-state index contributed by atoms with van der Waals surface area (Å²) >= 11 is 0. The fourth-order valence-corrected chi connectivity index (χ4v) is 1.67. The Kier molecular flexibility index (Phi) is 4.31. The van der Waals surface area contributed by atoms with Crippen LogP contribution in [0.4, 0.5) is 0 Å². The molecule has 0 aromatic heterocycles. The van der Waals surface area contributed by atoms with Crippen LogP contribution >= 0.6 is 0 Å². The molecule has 1 fully saturated rings. The third-order valence-electron chi connectivity index (χ3n) is 2.53. The molecule has 0 aromatic rings. The Labute approximate surface area is 83.8 Å². The van der Waals surface area contributed by atoms with E-state index in [4.69, 9.17) is 15.6 Å². The number of ether oxygens (including phenoxy) is 1. The largest absolute Gasteiger partial charge is 0.481 e. The fourth-order valence-electron chi connectivity index (χ4n) is 1.67. The molecule has 0 amide bonds. The minimum atomic E-state index is -0.756. The van der Waals surface area contributed by atoms with Gasteiger partial charge in [-0.2, -0.15) is 0 Å². The van der Waals surface area contributed by atoms with Gasteiger partial charge in [-0.3, -0.25) is 9.69 Å². The summed E-state index contributed by atoms with van der Waals surface area (Å²) in [4.78, 5) is 12.6. The average molecular weight is 202 g/mol. The van der Waals surface area contributed by atoms with Crippen molar-refractivity contribution in [2.24, 2.45) is 5.73 Å². The Morgan fingerprint density at radius 2 is 2.50 bits per heavy atom. The summed E-state index contributed by atoms with van der Waals surface area (Å²) < 4.78 is 5.40. The van der Waals surface area contributed by atoms with Crippen molar-refractivity contribution >= 4 is 5.97 Å². The molecule has 2 atom stereocenters. The minimum Gasteiger partial charge on any atom is -0.481 e. The van der Waals surface area contributed by atoms with Gasteiger partial charge < -0.3 is 15.6 Å². The first-order valence-electron chi connectivity index (χ1n) is 4.91. The Balaban J connectivity index is 2.38. The van der Waals surface area contributed by atoms with E-state index in [0.29, 0.717) is 13.2 Å². The van der Waals surface area contributed by atoms with Crippen LogP contribution in [0, 0.1) is 0 Å². The summed E-state index contributed by atoms with van der Waals surface area (Å²) in [5.74, 6) is -0.756. The molecule has 0 aromatic carbocycles. The Bertz CT molecular complexity index is 198. The first-order valence-corrected chi connectivity index (χ1v) is 4.91. The number of hydrogen-bond acceptors (Lipinski definition) is 4. The first kappa shape index (κ1) is 11.4. The molecule has 5 heteroatoms. The van der Waals surface area contributed by atoms with E-state index in [2.05, 4.69) is 4.90 Å². The second-order valence-electron chi connectivity index (χ2n) is 3.67. The predicted molar refractivity (Wildman–Crippen MR) is 52.1 cm³/mol. The number of carbonyl (C=O) groups is 1. The molecule has 2 unspecified atom stereocenters. The maximum atomic E-state index is 10.5. The molecule has 0 saturated carbocycles. The van der Waals surface area contributed by atoms with Gasteiger partial charge in [0.2, 0.25) is 0 Å². The third kappa shape index (κ3) is 3.25. The smallest absolute Gasteiger partial charge is 0.304 e. The van der Waals surface area contributed by atoms with E-state index < -0.39 is 5.97 Å². The molecule has 3 N–H and O–H groups in total. The van der Waals surface area contributed by atoms with Crippen molar-refractivity contribution in [1.82, 2.24) is 4.90 Å². The summed E-state index contributed by atoms with van der Waals surface area (Å²) in [6.45, 7) is 4.60. The predicted octanol–water partition coefficient (Wildman–Crippen LogP) is -0.491. The molecule has 1 saturated heterocycles. The monoisotopic (exact) mass is 202 g/mol. The van der Waals surface area contributed by atoms with Gasteiger partial charge in [-0.15, -0.1) is 0 Å². The summed E-state index contributed by atoms with van der Waals surface area (Å²) in [5.41, 5.74) is 5.50. The molecule has 1 rings (SSSR count). The van der Waals surface area contributed by atoms with Crippen molar-refractivity contribution in [3.63, 3.8) is 0 Å². The lowest BCUT2D eigenvalue weighted by Crippen LogP contribution is -2.49. The highest BCUT2D eigenvalue weighted by atomic mass is 16.5. The van der Waals surface area contributed by atoms with Crippen LogP contribution in [-0.2, 0) is 9.53 Å². The van der Waals surface area contributed by atoms with E-state index in [-0.39, 0.29) is 18.6 Å². The maximum absolute atomic E-state index is 10.5. The van der Waals surface area contributed by atoms with Gasteiger partial charge in [0, 0.05) is 25.7 Å². The first-order chi connectivity index (χ1) is 6.63. The molecular formula is C9H18N2O3. The van der Waals surface area contributed by atoms with Gasteiger partial charge in [-0.1, -0.05) is 0 Å². The standard InChI is InChI=1S/C9H18N2O3/c1-7(4-9(12)13)11-2-3-14-8(5-10)6-11/h7-8H,2-6,10H2,1H3,(H,12,13). The van der Waals surface area contributed by atoms with Crippen LogP contribution in [0.25, 0.3) is 0 Å². The number of nitrogens with two attached hydrogens (primary N) is 1. The van der Waals surface area contributed by atoms with Gasteiger partial charge in [0.1, 0.15) is 0 Å². The highest BCUT2D eigenvalue weighted by Crippen LogP contribution is 2.10. The quantitative estimate of drug-likeness (QED) is 0.643. The molecular weight excluding hydrogens is 184 g/mol. The van der Waals surface area contributed by atoms with Crippen molar-refractivity contribution < 1.29 is 14.6 Å². The average Bonchev–Trinajstić information content (AvgIpc) is 2.17. The molecule has 14 heavy (non-hydrogen) atoms. The van der Waals surface area contributed by atoms with Gasteiger partial charge in [-0.05, 0) is 6.92 Å². The van der Waals surface area contributed by atoms with Crippen LogP contribution < -0.4 is 5.73 Å². The van der Waals surface area contributed by atoms with Gasteiger partial charge in [0.05, 0.1) is 19.1 Å². The zero-order valence-corrected chi connectivity index (χ0v) is 8.48. The van der Waals surface area contributed by atoms with Gasteiger partial charge >= 0.3 is 5.97 Å². The van der Waals surface area contributed by atoms with Crippen molar-refractivity contribution in [2.75, 3.05) is 26.2 Å². The van der Waals surface area contributed by atoms with Crippen molar-refractivity contribution in [3.05, 3.63) is 0 Å². The Morgan fingerprint density at radius 1 is 1.79 bits per heavy atom. The molecule has 82 valence electrons.